The highest BCUT2D eigenvalue weighted by molar-refractivity contribution is 8.01. The zero-order valence-corrected chi connectivity index (χ0v) is 18.6. The van der Waals surface area contributed by atoms with E-state index in [9.17, 15) is 14.0 Å². The second kappa shape index (κ2) is 10.2. The molecule has 5 atom stereocenters. The molecule has 4 unspecified atom stereocenters. The smallest absolute Gasteiger partial charge is 0.125 e. The molecule has 2 N–H and O–H groups in total. The Morgan fingerprint density at radius 3 is 2.70 bits per heavy atom. The molecule has 2 fully saturated rings. The number of likely N-dealkylation sites (tertiary alicyclic amines) is 1. The van der Waals surface area contributed by atoms with Gasteiger partial charge in [-0.15, -0.1) is 0 Å². The van der Waals surface area contributed by atoms with Gasteiger partial charge in [-0.25, -0.2) is 8.78 Å². The van der Waals surface area contributed by atoms with Crippen LogP contribution in [0.3, 0.4) is 0 Å². The van der Waals surface area contributed by atoms with E-state index >= 15 is 0 Å². The quantitative estimate of drug-likeness (QED) is 0.450. The number of hydrogen-bond donors (Lipinski definition) is 2. The van der Waals surface area contributed by atoms with E-state index in [1.807, 2.05) is 0 Å². The van der Waals surface area contributed by atoms with E-state index in [0.717, 1.165) is 35.9 Å². The Bertz CT molecular complexity index is 749. The number of benzene rings is 1. The monoisotopic (exact) mass is 457 g/mol. The van der Waals surface area contributed by atoms with Crippen LogP contribution in [0.5, 0.6) is 0 Å². The minimum atomic E-state index is -1.16. The van der Waals surface area contributed by atoms with E-state index in [0.29, 0.717) is 17.1 Å². The van der Waals surface area contributed by atoms with E-state index in [1.165, 1.54) is 50.3 Å². The van der Waals surface area contributed by atoms with Crippen molar-refractivity contribution >= 4 is 29.2 Å². The summed E-state index contributed by atoms with van der Waals surface area (Å²) in [7, 11) is 0. The Hall–Kier alpha value is -0.860. The highest BCUT2D eigenvalue weighted by Crippen LogP contribution is 2.36. The highest BCUT2D eigenvalue weighted by Gasteiger charge is 2.37. The molecule has 1 heterocycles. The molecule has 1 aromatic carbocycles. The zero-order chi connectivity index (χ0) is 21.1. The van der Waals surface area contributed by atoms with E-state index in [1.54, 1.807) is 12.1 Å². The van der Waals surface area contributed by atoms with Crippen molar-refractivity contribution in [2.45, 2.75) is 74.5 Å². The lowest BCUT2D eigenvalue weighted by Gasteiger charge is -2.41. The molecule has 1 aromatic rings. The second-order valence-corrected chi connectivity index (χ2v) is 10.1. The predicted octanol–water partition coefficient (Wildman–Crippen LogP) is 5.27. The van der Waals surface area contributed by atoms with Crippen molar-refractivity contribution in [3.05, 3.63) is 41.2 Å². The van der Waals surface area contributed by atoms with Gasteiger partial charge in [-0.2, -0.15) is 4.47 Å². The first kappa shape index (κ1) is 22.3. The Labute approximate surface area is 186 Å². The van der Waals surface area contributed by atoms with Crippen LogP contribution in [-0.2, 0) is 0 Å². The normalized spacial score (nSPS) is 32.8. The Morgan fingerprint density at radius 1 is 1.17 bits per heavy atom. The summed E-state index contributed by atoms with van der Waals surface area (Å²) in [6.45, 7) is 2.32. The van der Waals surface area contributed by atoms with Crippen molar-refractivity contribution < 1.29 is 14.0 Å². The van der Waals surface area contributed by atoms with Gasteiger partial charge in [-0.05, 0) is 62.9 Å². The molecule has 1 saturated heterocycles. The summed E-state index contributed by atoms with van der Waals surface area (Å²) in [6, 6.07) is 6.23. The topological polar surface area (TPSA) is 38.7 Å². The summed E-state index contributed by atoms with van der Waals surface area (Å²) in [5.41, 5.74) is 0.271. The number of nitrogens with one attached hydrogen (secondary N) is 1. The van der Waals surface area contributed by atoms with Crippen molar-refractivity contribution in [2.24, 2.45) is 0 Å². The molecule has 1 saturated carbocycles. The van der Waals surface area contributed by atoms with Gasteiger partial charge in [0.2, 0.25) is 0 Å². The summed E-state index contributed by atoms with van der Waals surface area (Å²) in [6.07, 6.45) is 8.07. The summed E-state index contributed by atoms with van der Waals surface area (Å²) >= 11 is 7.48. The summed E-state index contributed by atoms with van der Waals surface area (Å²) in [5.74, 6) is -0.453. The fourth-order valence-corrected chi connectivity index (χ4v) is 6.22. The molecular weight excluding hydrogens is 428 g/mol. The first-order valence-corrected chi connectivity index (χ1v) is 12.2. The van der Waals surface area contributed by atoms with E-state index in [4.69, 9.17) is 11.6 Å². The molecule has 0 spiro atoms. The van der Waals surface area contributed by atoms with Gasteiger partial charge in [-0.3, -0.25) is 10.1 Å². The van der Waals surface area contributed by atoms with Crippen molar-refractivity contribution in [1.29, 1.82) is 0 Å². The summed E-state index contributed by atoms with van der Waals surface area (Å²) < 4.78 is 29.2. The Morgan fingerprint density at radius 2 is 1.93 bits per heavy atom. The number of nitrogens with zero attached hydrogens (tertiary/aromatic N) is 2. The van der Waals surface area contributed by atoms with Gasteiger partial charge in [0.1, 0.15) is 12.0 Å². The number of anilines is 1. The molecule has 0 aromatic heterocycles. The van der Waals surface area contributed by atoms with E-state index < -0.39 is 17.2 Å². The van der Waals surface area contributed by atoms with Gasteiger partial charge in [0.15, 0.2) is 0 Å². The van der Waals surface area contributed by atoms with Gasteiger partial charge in [0.25, 0.3) is 0 Å². The molecule has 2 aliphatic carbocycles. The van der Waals surface area contributed by atoms with Crippen LogP contribution in [0.25, 0.3) is 0 Å². The third-order valence-electron chi connectivity index (χ3n) is 6.48. The van der Waals surface area contributed by atoms with Gasteiger partial charge in [0, 0.05) is 35.6 Å². The number of rotatable bonds is 6. The molecule has 3 aliphatic rings. The third kappa shape index (κ3) is 5.30. The maximum Gasteiger partial charge on any atom is 0.125 e. The van der Waals surface area contributed by atoms with Gasteiger partial charge in [0.05, 0.1) is 10.9 Å². The molecule has 4 nitrogen and oxygen atoms in total. The predicted molar refractivity (Wildman–Crippen MR) is 119 cm³/mol. The number of halogens is 3. The maximum atomic E-state index is 15.0. The van der Waals surface area contributed by atoms with Crippen LogP contribution in [0.2, 0.25) is 0 Å². The van der Waals surface area contributed by atoms with Crippen molar-refractivity contribution in [3.8, 4) is 0 Å². The fraction of sp³-hybridized carbons (Fsp3) is 0.636. The van der Waals surface area contributed by atoms with Crippen molar-refractivity contribution in [2.75, 3.05) is 17.6 Å². The van der Waals surface area contributed by atoms with Crippen LogP contribution < -0.4 is 9.79 Å². The van der Waals surface area contributed by atoms with Crippen molar-refractivity contribution in [3.63, 3.8) is 0 Å². The van der Waals surface area contributed by atoms with E-state index in [-0.39, 0.29) is 18.2 Å². The van der Waals surface area contributed by atoms with Gasteiger partial charge in [-0.1, -0.05) is 36.6 Å². The van der Waals surface area contributed by atoms with Gasteiger partial charge < -0.3 is 5.32 Å². The molecular formula is C22H30ClF2N3OS. The lowest BCUT2D eigenvalue weighted by atomic mass is 9.87. The average Bonchev–Trinajstić information content (AvgIpc) is 3.27. The van der Waals surface area contributed by atoms with Crippen molar-refractivity contribution in [1.82, 2.24) is 10.2 Å². The first-order chi connectivity index (χ1) is 14.5. The van der Waals surface area contributed by atoms with Crippen LogP contribution in [0.4, 0.5) is 14.5 Å². The molecule has 4 rings (SSSR count). The molecule has 1 aliphatic heterocycles. The Kier molecular flexibility index (Phi) is 7.57. The lowest BCUT2D eigenvalue weighted by Crippen LogP contribution is -2.55. The minimum absolute atomic E-state index is 0.201. The SMILES string of the molecule is ON(SC1C=C(Cl)C(N[C@H]2CCCCC2N2CCCC2)CC1F)c1cccc(F)c1. The van der Waals surface area contributed by atoms with Crippen LogP contribution >= 0.6 is 23.5 Å². The summed E-state index contributed by atoms with van der Waals surface area (Å²) in [5, 5.41) is 13.9. The lowest BCUT2D eigenvalue weighted by molar-refractivity contribution is 0.138. The first-order valence-electron chi connectivity index (χ1n) is 10.9. The zero-order valence-electron chi connectivity index (χ0n) is 17.0. The third-order valence-corrected chi connectivity index (χ3v) is 7.95. The van der Waals surface area contributed by atoms with Crippen LogP contribution in [0, 0.1) is 5.82 Å². The minimum Gasteiger partial charge on any atom is -0.305 e. The fourth-order valence-electron chi connectivity index (χ4n) is 4.94. The number of alkyl halides is 1. The maximum absolute atomic E-state index is 15.0. The second-order valence-electron chi connectivity index (χ2n) is 8.55. The molecule has 0 radical (unpaired) electrons. The molecule has 30 heavy (non-hydrogen) atoms. The molecule has 8 heteroatoms. The van der Waals surface area contributed by atoms with Gasteiger partial charge >= 0.3 is 0 Å². The van der Waals surface area contributed by atoms with E-state index in [2.05, 4.69) is 10.2 Å². The standard InChI is InChI=1S/C22H30ClF2N3OS/c23-17-13-22(30-28(29)16-7-5-6-15(24)12-16)18(25)14-20(17)26-19-8-1-2-9-21(19)27-10-3-4-11-27/h5-7,12-13,18-22,26,29H,1-4,8-11,14H2/t18?,19-,20?,21?,22?/m0/s1. The average molecular weight is 458 g/mol. The molecule has 0 amide bonds. The molecule has 166 valence electrons. The highest BCUT2D eigenvalue weighted by atomic mass is 35.5. The molecule has 0 bridgehead atoms. The van der Waals surface area contributed by atoms with Crippen LogP contribution in [-0.4, -0.2) is 52.7 Å². The van der Waals surface area contributed by atoms with Crippen LogP contribution in [0.1, 0.15) is 44.9 Å². The number of hydrogen-bond acceptors (Lipinski definition) is 5. The summed E-state index contributed by atoms with van der Waals surface area (Å²) in [4.78, 5) is 2.59. The Balaban J connectivity index is 1.39. The largest absolute Gasteiger partial charge is 0.305 e. The van der Waals surface area contributed by atoms with Crippen LogP contribution in [0.15, 0.2) is 35.4 Å².